The van der Waals surface area contributed by atoms with Crippen molar-refractivity contribution in [1.82, 2.24) is 4.31 Å². The van der Waals surface area contributed by atoms with E-state index in [1.54, 1.807) is 19.1 Å². The summed E-state index contributed by atoms with van der Waals surface area (Å²) >= 11 is 0. The molecule has 1 aliphatic rings. The van der Waals surface area contributed by atoms with Crippen LogP contribution in [0.1, 0.15) is 19.4 Å². The molecule has 1 heterocycles. The first kappa shape index (κ1) is 20.9. The number of nitrogens with zero attached hydrogens (tertiary/aromatic N) is 1. The number of anilines is 1. The number of ether oxygens (including phenoxy) is 3. The molecule has 1 amide bonds. The summed E-state index contributed by atoms with van der Waals surface area (Å²) in [4.78, 5) is 11.5. The molecule has 156 valence electrons. The molecule has 2 aromatic rings. The summed E-state index contributed by atoms with van der Waals surface area (Å²) in [6.45, 7) is 4.53. The van der Waals surface area contributed by atoms with Crippen LogP contribution >= 0.6 is 0 Å². The van der Waals surface area contributed by atoms with Crippen LogP contribution in [-0.2, 0) is 21.4 Å². The van der Waals surface area contributed by atoms with Crippen LogP contribution in [-0.4, -0.2) is 45.5 Å². The molecule has 0 atom stereocenters. The first-order valence-electron chi connectivity index (χ1n) is 9.19. The van der Waals surface area contributed by atoms with Crippen LogP contribution in [0.2, 0.25) is 0 Å². The number of nitrogens with one attached hydrogen (secondary N) is 1. The Balaban J connectivity index is 1.89. The van der Waals surface area contributed by atoms with Gasteiger partial charge in [-0.25, -0.2) is 8.42 Å². The van der Waals surface area contributed by atoms with Crippen molar-refractivity contribution in [2.75, 3.05) is 32.2 Å². The monoisotopic (exact) mass is 420 g/mol. The molecule has 0 fully saturated rings. The Morgan fingerprint density at radius 1 is 1.14 bits per heavy atom. The molecule has 0 spiro atoms. The van der Waals surface area contributed by atoms with E-state index in [1.807, 2.05) is 6.07 Å². The highest BCUT2D eigenvalue weighted by molar-refractivity contribution is 7.89. The minimum atomic E-state index is -3.80. The maximum Gasteiger partial charge on any atom is 0.243 e. The fourth-order valence-corrected chi connectivity index (χ4v) is 4.50. The topological polar surface area (TPSA) is 94.2 Å². The van der Waals surface area contributed by atoms with Gasteiger partial charge in [0, 0.05) is 20.0 Å². The zero-order valence-corrected chi connectivity index (χ0v) is 17.4. The van der Waals surface area contributed by atoms with Crippen LogP contribution in [0.4, 0.5) is 5.69 Å². The van der Waals surface area contributed by atoms with Crippen molar-refractivity contribution in [2.24, 2.45) is 0 Å². The Bertz CT molecular complexity index is 1010. The summed E-state index contributed by atoms with van der Waals surface area (Å²) in [5, 5.41) is 2.60. The number of methoxy groups -OCH3 is 1. The summed E-state index contributed by atoms with van der Waals surface area (Å²) in [5.41, 5.74) is 1.09. The molecule has 0 bridgehead atoms. The van der Waals surface area contributed by atoms with Crippen LogP contribution in [0.3, 0.4) is 0 Å². The van der Waals surface area contributed by atoms with Crippen molar-refractivity contribution in [3.8, 4) is 17.2 Å². The van der Waals surface area contributed by atoms with E-state index in [1.165, 1.54) is 36.5 Å². The molecule has 0 saturated carbocycles. The Morgan fingerprint density at radius 3 is 2.52 bits per heavy atom. The second-order valence-electron chi connectivity index (χ2n) is 6.45. The predicted molar refractivity (Wildman–Crippen MR) is 108 cm³/mol. The van der Waals surface area contributed by atoms with Crippen molar-refractivity contribution in [2.45, 2.75) is 25.3 Å². The van der Waals surface area contributed by atoms with Gasteiger partial charge in [0.25, 0.3) is 0 Å². The van der Waals surface area contributed by atoms with Crippen molar-refractivity contribution in [3.63, 3.8) is 0 Å². The van der Waals surface area contributed by atoms with Gasteiger partial charge in [0.05, 0.1) is 17.7 Å². The highest BCUT2D eigenvalue weighted by atomic mass is 32.2. The number of amides is 1. The van der Waals surface area contributed by atoms with E-state index in [-0.39, 0.29) is 23.9 Å². The van der Waals surface area contributed by atoms with Crippen LogP contribution in [0, 0.1) is 0 Å². The molecule has 9 heteroatoms. The van der Waals surface area contributed by atoms with Crippen LogP contribution in [0.25, 0.3) is 0 Å². The van der Waals surface area contributed by atoms with Crippen molar-refractivity contribution < 1.29 is 27.4 Å². The number of fused-ring (bicyclic) bond motifs is 1. The molecule has 8 nitrogen and oxygen atoms in total. The number of rotatable bonds is 7. The van der Waals surface area contributed by atoms with Gasteiger partial charge in [0.2, 0.25) is 15.9 Å². The van der Waals surface area contributed by atoms with E-state index in [0.717, 1.165) is 5.56 Å². The summed E-state index contributed by atoms with van der Waals surface area (Å²) in [7, 11) is -2.35. The van der Waals surface area contributed by atoms with E-state index < -0.39 is 10.0 Å². The Hall–Kier alpha value is -2.78. The van der Waals surface area contributed by atoms with Gasteiger partial charge in [-0.2, -0.15) is 4.31 Å². The molecule has 1 N–H and O–H groups in total. The lowest BCUT2D eigenvalue weighted by molar-refractivity contribution is -0.114. The third kappa shape index (κ3) is 4.63. The molecule has 0 saturated heterocycles. The minimum absolute atomic E-state index is 0.0708. The zero-order chi connectivity index (χ0) is 21.0. The third-order valence-corrected chi connectivity index (χ3v) is 6.35. The maximum atomic E-state index is 13.2. The molecule has 0 aromatic heterocycles. The van der Waals surface area contributed by atoms with E-state index in [0.29, 0.717) is 36.1 Å². The standard InChI is InChI=1S/C20H24N2O6S/c1-4-22(13-15-5-7-19-20(11-15)28-10-9-27-19)29(24,25)16-6-8-18(26-3)17(12-16)21-14(2)23/h5-8,11-12H,4,9-10,13H2,1-3H3,(H,21,23). The fraction of sp³-hybridized carbons (Fsp3) is 0.350. The number of carbonyl (C=O) groups excluding carboxylic acids is 1. The largest absolute Gasteiger partial charge is 0.495 e. The average Bonchev–Trinajstić information content (AvgIpc) is 2.71. The maximum absolute atomic E-state index is 13.2. The van der Waals surface area contributed by atoms with Crippen molar-refractivity contribution in [1.29, 1.82) is 0 Å². The number of carbonyl (C=O) groups is 1. The summed E-state index contributed by atoms with van der Waals surface area (Å²) in [6.07, 6.45) is 0. The molecular weight excluding hydrogens is 396 g/mol. The summed E-state index contributed by atoms with van der Waals surface area (Å²) in [5.74, 6) is 1.33. The smallest absolute Gasteiger partial charge is 0.243 e. The molecule has 29 heavy (non-hydrogen) atoms. The molecule has 2 aromatic carbocycles. The first-order valence-corrected chi connectivity index (χ1v) is 10.6. The Labute approximate surface area is 170 Å². The second-order valence-corrected chi connectivity index (χ2v) is 8.39. The minimum Gasteiger partial charge on any atom is -0.495 e. The lowest BCUT2D eigenvalue weighted by atomic mass is 10.2. The molecule has 0 radical (unpaired) electrons. The summed E-state index contributed by atoms with van der Waals surface area (Å²) in [6, 6.07) is 9.79. The molecular formula is C20H24N2O6S. The lowest BCUT2D eigenvalue weighted by Gasteiger charge is -2.23. The van der Waals surface area contributed by atoms with Gasteiger partial charge in [-0.1, -0.05) is 13.0 Å². The molecule has 0 unspecified atom stereocenters. The van der Waals surface area contributed by atoms with Crippen LogP contribution in [0.15, 0.2) is 41.3 Å². The van der Waals surface area contributed by atoms with Gasteiger partial charge < -0.3 is 19.5 Å². The number of hydrogen-bond acceptors (Lipinski definition) is 6. The van der Waals surface area contributed by atoms with Crippen LogP contribution in [0.5, 0.6) is 17.2 Å². The number of benzene rings is 2. The van der Waals surface area contributed by atoms with E-state index in [9.17, 15) is 13.2 Å². The molecule has 3 rings (SSSR count). The zero-order valence-electron chi connectivity index (χ0n) is 16.6. The SMILES string of the molecule is CCN(Cc1ccc2c(c1)OCCO2)S(=O)(=O)c1ccc(OC)c(NC(C)=O)c1. The highest BCUT2D eigenvalue weighted by Gasteiger charge is 2.25. The van der Waals surface area contributed by atoms with Gasteiger partial charge in [-0.05, 0) is 35.9 Å². The first-order chi connectivity index (χ1) is 13.8. The predicted octanol–water partition coefficient (Wildman–Crippen LogP) is 2.64. The van der Waals surface area contributed by atoms with Crippen molar-refractivity contribution >= 4 is 21.6 Å². The third-order valence-electron chi connectivity index (χ3n) is 4.44. The van der Waals surface area contributed by atoms with Crippen LogP contribution < -0.4 is 19.5 Å². The van der Waals surface area contributed by atoms with Gasteiger partial charge in [-0.15, -0.1) is 0 Å². The van der Waals surface area contributed by atoms with E-state index in [2.05, 4.69) is 5.32 Å². The Morgan fingerprint density at radius 2 is 1.86 bits per heavy atom. The lowest BCUT2D eigenvalue weighted by Crippen LogP contribution is -2.30. The molecule has 1 aliphatic heterocycles. The fourth-order valence-electron chi connectivity index (χ4n) is 3.04. The quantitative estimate of drug-likeness (QED) is 0.740. The van der Waals surface area contributed by atoms with Gasteiger partial charge in [0.15, 0.2) is 11.5 Å². The highest BCUT2D eigenvalue weighted by Crippen LogP contribution is 2.33. The van der Waals surface area contributed by atoms with Crippen molar-refractivity contribution in [3.05, 3.63) is 42.0 Å². The van der Waals surface area contributed by atoms with Gasteiger partial charge in [-0.3, -0.25) is 4.79 Å². The average molecular weight is 420 g/mol. The second kappa shape index (κ2) is 8.71. The van der Waals surface area contributed by atoms with Gasteiger partial charge in [0.1, 0.15) is 19.0 Å². The van der Waals surface area contributed by atoms with E-state index in [4.69, 9.17) is 14.2 Å². The molecule has 0 aliphatic carbocycles. The number of sulfonamides is 1. The van der Waals surface area contributed by atoms with Gasteiger partial charge >= 0.3 is 0 Å². The Kier molecular flexibility index (Phi) is 6.29. The normalized spacial score (nSPS) is 13.2. The number of hydrogen-bond donors (Lipinski definition) is 1. The van der Waals surface area contributed by atoms with E-state index >= 15 is 0 Å². The summed E-state index contributed by atoms with van der Waals surface area (Å²) < 4.78 is 44.1.